The Morgan fingerprint density at radius 1 is 0.955 bits per heavy atom. The SMILES string of the molecule is COc1cc(C2Oc3cc(OCCO)c4c5c3C(CSSCCC(C)CCC(C5)c3cc(O)ccc3-4)C2O)cc(OC)c1O. The molecule has 0 amide bonds. The third-order valence-corrected chi connectivity index (χ3v) is 11.6. The maximum Gasteiger partial charge on any atom is 0.200 e. The van der Waals surface area contributed by atoms with Gasteiger partial charge in [0.1, 0.15) is 30.0 Å². The number of aliphatic hydroxyl groups excluding tert-OH is 2. The zero-order chi connectivity index (χ0) is 31.0. The maximum absolute atomic E-state index is 12.1. The molecule has 10 heteroatoms. The fraction of sp³-hybridized carbons (Fsp3) is 0.471. The molecule has 5 unspecified atom stereocenters. The fourth-order valence-electron chi connectivity index (χ4n) is 6.88. The summed E-state index contributed by atoms with van der Waals surface area (Å²) in [6.45, 7) is 2.29. The van der Waals surface area contributed by atoms with Crippen molar-refractivity contribution in [3.8, 4) is 45.6 Å². The van der Waals surface area contributed by atoms with Gasteiger partial charge in [-0.1, -0.05) is 41.0 Å². The van der Waals surface area contributed by atoms with E-state index >= 15 is 0 Å². The van der Waals surface area contributed by atoms with Gasteiger partial charge in [-0.2, -0.15) is 0 Å². The Morgan fingerprint density at radius 3 is 2.45 bits per heavy atom. The number of hydrogen-bond acceptors (Lipinski definition) is 10. The van der Waals surface area contributed by atoms with E-state index in [-0.39, 0.29) is 48.0 Å². The van der Waals surface area contributed by atoms with E-state index in [0.717, 1.165) is 59.3 Å². The Hall–Kier alpha value is -2.92. The molecule has 0 aromatic heterocycles. The van der Waals surface area contributed by atoms with Gasteiger partial charge in [0.05, 0.1) is 20.8 Å². The minimum Gasteiger partial charge on any atom is -0.508 e. The van der Waals surface area contributed by atoms with E-state index in [0.29, 0.717) is 28.7 Å². The number of aliphatic hydroxyl groups is 2. The zero-order valence-corrected chi connectivity index (χ0v) is 26.9. The first-order valence-corrected chi connectivity index (χ1v) is 17.6. The average molecular weight is 641 g/mol. The molecule has 5 atom stereocenters. The molecule has 0 saturated carbocycles. The Kier molecular flexibility index (Phi) is 9.33. The molecule has 0 saturated heterocycles. The molecule has 44 heavy (non-hydrogen) atoms. The molecule has 2 bridgehead atoms. The van der Waals surface area contributed by atoms with Crippen LogP contribution in [-0.2, 0) is 6.42 Å². The van der Waals surface area contributed by atoms with E-state index in [2.05, 4.69) is 6.92 Å². The summed E-state index contributed by atoms with van der Waals surface area (Å²) >= 11 is 0. The van der Waals surface area contributed by atoms with Crippen LogP contribution in [-0.4, -0.2) is 65.5 Å². The second-order valence-electron chi connectivity index (χ2n) is 11.9. The van der Waals surface area contributed by atoms with Crippen LogP contribution in [0.2, 0.25) is 0 Å². The smallest absolute Gasteiger partial charge is 0.200 e. The topological polar surface area (TPSA) is 118 Å². The van der Waals surface area contributed by atoms with Gasteiger partial charge >= 0.3 is 0 Å². The third kappa shape index (κ3) is 5.77. The van der Waals surface area contributed by atoms with Crippen molar-refractivity contribution < 1.29 is 39.4 Å². The summed E-state index contributed by atoms with van der Waals surface area (Å²) in [7, 11) is 6.57. The summed E-state index contributed by atoms with van der Waals surface area (Å²) in [5.41, 5.74) is 5.76. The fourth-order valence-corrected chi connectivity index (χ4v) is 9.48. The highest BCUT2D eigenvalue weighted by Gasteiger charge is 2.43. The summed E-state index contributed by atoms with van der Waals surface area (Å²) in [5, 5.41) is 42.9. The molecule has 2 heterocycles. The predicted octanol–water partition coefficient (Wildman–Crippen LogP) is 6.57. The molecule has 4 N–H and O–H groups in total. The van der Waals surface area contributed by atoms with Gasteiger partial charge in [0.15, 0.2) is 17.6 Å². The summed E-state index contributed by atoms with van der Waals surface area (Å²) in [4.78, 5) is 0. The molecular weight excluding hydrogens is 601 g/mol. The maximum atomic E-state index is 12.1. The lowest BCUT2D eigenvalue weighted by molar-refractivity contribution is 0.00415. The highest BCUT2D eigenvalue weighted by molar-refractivity contribution is 8.76. The van der Waals surface area contributed by atoms with E-state index in [1.165, 1.54) is 14.2 Å². The highest BCUT2D eigenvalue weighted by atomic mass is 33.1. The lowest BCUT2D eigenvalue weighted by atomic mass is 9.71. The first-order valence-electron chi connectivity index (χ1n) is 15.1. The van der Waals surface area contributed by atoms with Gasteiger partial charge in [-0.25, -0.2) is 0 Å². The minimum atomic E-state index is -0.897. The van der Waals surface area contributed by atoms with Crippen LogP contribution in [0, 0.1) is 5.92 Å². The number of aromatic hydroxyl groups is 2. The lowest BCUT2D eigenvalue weighted by Crippen LogP contribution is -2.37. The monoisotopic (exact) mass is 640 g/mol. The van der Waals surface area contributed by atoms with Crippen LogP contribution in [0.3, 0.4) is 0 Å². The van der Waals surface area contributed by atoms with E-state index in [9.17, 15) is 20.4 Å². The van der Waals surface area contributed by atoms with Crippen LogP contribution in [0.25, 0.3) is 11.1 Å². The molecule has 236 valence electrons. The Morgan fingerprint density at radius 2 is 1.73 bits per heavy atom. The molecule has 2 aliphatic heterocycles. The van der Waals surface area contributed by atoms with Crippen molar-refractivity contribution in [2.45, 2.75) is 56.7 Å². The second kappa shape index (κ2) is 13.2. The molecule has 0 radical (unpaired) electrons. The Balaban J connectivity index is 1.56. The van der Waals surface area contributed by atoms with Crippen LogP contribution in [0.4, 0.5) is 0 Å². The number of fused-ring (bicyclic) bond motifs is 4. The Labute approximate surface area is 266 Å². The van der Waals surface area contributed by atoms with Crippen molar-refractivity contribution in [3.05, 3.63) is 58.7 Å². The third-order valence-electron chi connectivity index (χ3n) is 9.16. The van der Waals surface area contributed by atoms with Crippen molar-refractivity contribution in [1.82, 2.24) is 0 Å². The molecular formula is C34H40O8S2. The molecule has 0 spiro atoms. The first-order chi connectivity index (χ1) is 21.3. The number of ether oxygens (including phenoxy) is 4. The quantitative estimate of drug-likeness (QED) is 0.220. The van der Waals surface area contributed by atoms with Crippen molar-refractivity contribution in [3.63, 3.8) is 0 Å². The number of phenolic OH excluding ortho intramolecular Hbond substituents is 2. The standard InChI is InChI=1S/C34H40O8S2/c1-18-4-5-19-12-24-30(22-7-6-21(36)15-23(19)22)26(41-10-9-35)16-27-31(24)25(17-44-43-11-8-18)32(37)34(42-27)20-13-28(39-2)33(38)29(14-20)40-3/h6-7,13-16,18-19,25,32,34-38H,4-5,8-12,17H2,1-3H3. The van der Waals surface area contributed by atoms with Crippen LogP contribution in [0.1, 0.15) is 66.4 Å². The van der Waals surface area contributed by atoms with Crippen LogP contribution < -0.4 is 18.9 Å². The molecule has 1 aliphatic carbocycles. The lowest BCUT2D eigenvalue weighted by Gasteiger charge is -2.41. The second-order valence-corrected chi connectivity index (χ2v) is 14.5. The molecule has 8 nitrogen and oxygen atoms in total. The first kappa shape index (κ1) is 31.1. The van der Waals surface area contributed by atoms with E-state index in [1.807, 2.05) is 29.0 Å². The van der Waals surface area contributed by atoms with Gasteiger partial charge in [0.2, 0.25) is 5.75 Å². The average Bonchev–Trinajstić information content (AvgIpc) is 3.03. The number of benzene rings is 3. The highest BCUT2D eigenvalue weighted by Crippen LogP contribution is 2.56. The molecule has 3 aromatic rings. The number of phenols is 2. The summed E-state index contributed by atoms with van der Waals surface area (Å²) in [5.74, 6) is 4.04. The van der Waals surface area contributed by atoms with Gasteiger partial charge in [-0.15, -0.1) is 0 Å². The molecule has 0 fully saturated rings. The number of methoxy groups -OCH3 is 2. The van der Waals surface area contributed by atoms with E-state index in [1.54, 1.807) is 29.0 Å². The van der Waals surface area contributed by atoms with Crippen molar-refractivity contribution in [2.75, 3.05) is 38.9 Å². The number of hydrogen-bond donors (Lipinski definition) is 4. The zero-order valence-electron chi connectivity index (χ0n) is 25.2. The van der Waals surface area contributed by atoms with E-state index < -0.39 is 12.2 Å². The minimum absolute atomic E-state index is 0.114. The van der Waals surface area contributed by atoms with Crippen LogP contribution in [0.5, 0.6) is 34.5 Å². The molecule has 6 rings (SSSR count). The van der Waals surface area contributed by atoms with Crippen LogP contribution in [0.15, 0.2) is 36.4 Å². The van der Waals surface area contributed by atoms with Gasteiger partial charge in [-0.3, -0.25) is 0 Å². The van der Waals surface area contributed by atoms with Crippen molar-refractivity contribution in [1.29, 1.82) is 0 Å². The van der Waals surface area contributed by atoms with Gasteiger partial charge in [0.25, 0.3) is 0 Å². The normalized spacial score (nSPS) is 24.5. The van der Waals surface area contributed by atoms with Crippen LogP contribution >= 0.6 is 21.6 Å². The molecule has 3 aliphatic rings. The summed E-state index contributed by atoms with van der Waals surface area (Å²) in [6, 6.07) is 10.8. The van der Waals surface area contributed by atoms with Gasteiger partial charge in [-0.05, 0) is 72.1 Å². The molecule has 3 aromatic carbocycles. The van der Waals surface area contributed by atoms with Crippen molar-refractivity contribution >= 4 is 21.6 Å². The van der Waals surface area contributed by atoms with Gasteiger partial charge in [0, 0.05) is 40.2 Å². The predicted molar refractivity (Wildman–Crippen MR) is 174 cm³/mol. The van der Waals surface area contributed by atoms with Gasteiger partial charge < -0.3 is 39.4 Å². The van der Waals surface area contributed by atoms with E-state index in [4.69, 9.17) is 18.9 Å². The van der Waals surface area contributed by atoms with Crippen molar-refractivity contribution in [2.24, 2.45) is 5.92 Å². The summed E-state index contributed by atoms with van der Waals surface area (Å²) < 4.78 is 23.7. The summed E-state index contributed by atoms with van der Waals surface area (Å²) in [6.07, 6.45) is 2.25. The largest absolute Gasteiger partial charge is 0.508 e. The Bertz CT molecular complexity index is 1490. The number of rotatable bonds is 6.